The lowest BCUT2D eigenvalue weighted by Crippen LogP contribution is -2.18. The lowest BCUT2D eigenvalue weighted by molar-refractivity contribution is -0.143. The molecule has 174 valence electrons. The summed E-state index contributed by atoms with van der Waals surface area (Å²) in [5, 5.41) is 2.74. The van der Waals surface area contributed by atoms with Gasteiger partial charge in [-0.25, -0.2) is 4.98 Å². The van der Waals surface area contributed by atoms with Gasteiger partial charge in [0.2, 0.25) is 11.5 Å². The molecule has 0 fully saturated rings. The van der Waals surface area contributed by atoms with E-state index in [1.165, 1.54) is 0 Å². The maximum atomic E-state index is 13.0. The van der Waals surface area contributed by atoms with E-state index >= 15 is 0 Å². The Kier molecular flexibility index (Phi) is 6.73. The molecule has 0 unspecified atom stereocenters. The highest BCUT2D eigenvalue weighted by Gasteiger charge is 2.36. The van der Waals surface area contributed by atoms with Gasteiger partial charge in [0.15, 0.2) is 6.39 Å². The number of hydrogen-bond donors (Lipinski definition) is 2. The molecule has 0 spiro atoms. The fourth-order valence-electron chi connectivity index (χ4n) is 2.85. The van der Waals surface area contributed by atoms with E-state index in [1.807, 2.05) is 0 Å². The van der Waals surface area contributed by atoms with E-state index in [2.05, 4.69) is 10.3 Å². The van der Waals surface area contributed by atoms with Gasteiger partial charge >= 0.3 is 12.4 Å². The molecular weight excluding hydrogens is 476 g/mol. The van der Waals surface area contributed by atoms with Crippen LogP contribution in [0, 0.1) is 0 Å². The zero-order chi connectivity index (χ0) is 24.4. The van der Waals surface area contributed by atoms with E-state index in [0.717, 1.165) is 12.6 Å². The minimum absolute atomic E-state index is 0.0252. The Hall–Kier alpha value is -3.47. The molecule has 5 nitrogen and oxygen atoms in total. The second-order valence-electron chi connectivity index (χ2n) is 6.73. The van der Waals surface area contributed by atoms with Crippen molar-refractivity contribution in [2.24, 2.45) is 5.73 Å². The Morgan fingerprint density at radius 1 is 1.06 bits per heavy atom. The number of benzene rings is 2. The van der Waals surface area contributed by atoms with Crippen LogP contribution in [0.25, 0.3) is 11.3 Å². The third kappa shape index (κ3) is 5.67. The lowest BCUT2D eigenvalue weighted by atomic mass is 10.0. The van der Waals surface area contributed by atoms with Gasteiger partial charge in [-0.1, -0.05) is 29.8 Å². The zero-order valence-corrected chi connectivity index (χ0v) is 17.1. The molecule has 3 rings (SSSR count). The van der Waals surface area contributed by atoms with Crippen LogP contribution in [0.3, 0.4) is 0 Å². The van der Waals surface area contributed by atoms with Gasteiger partial charge in [0, 0.05) is 18.3 Å². The fraction of sp³-hybridized carbons (Fsp3) is 0.143. The smallest absolute Gasteiger partial charge is 0.416 e. The minimum atomic E-state index is -4.97. The summed E-state index contributed by atoms with van der Waals surface area (Å²) >= 11 is 6.10. The quantitative estimate of drug-likeness (QED) is 0.260. The van der Waals surface area contributed by atoms with E-state index in [4.69, 9.17) is 21.8 Å². The van der Waals surface area contributed by atoms with Crippen LogP contribution in [0.4, 0.5) is 26.3 Å². The third-order valence-corrected chi connectivity index (χ3v) is 4.71. The van der Waals surface area contributed by atoms with Gasteiger partial charge in [0.25, 0.3) is 0 Å². The molecule has 1 aromatic heterocycles. The highest BCUT2D eigenvalue weighted by atomic mass is 35.5. The number of carbonyl (C=O) groups excluding carboxylic acids is 1. The van der Waals surface area contributed by atoms with E-state index in [-0.39, 0.29) is 23.1 Å². The number of Topliss-reactive ketones (excluding diaryl/α,β-unsaturated/α-hetero) is 1. The number of nitrogens with two attached hydrogens (primary N) is 1. The number of nitrogens with zero attached hydrogens (tertiary/aromatic N) is 1. The van der Waals surface area contributed by atoms with Gasteiger partial charge in [-0.3, -0.25) is 4.79 Å². The van der Waals surface area contributed by atoms with Crippen LogP contribution in [0.5, 0.6) is 0 Å². The second-order valence-corrected chi connectivity index (χ2v) is 7.14. The summed E-state index contributed by atoms with van der Waals surface area (Å²) in [4.78, 5) is 16.6. The van der Waals surface area contributed by atoms with Crippen molar-refractivity contribution in [1.82, 2.24) is 10.3 Å². The molecule has 3 N–H and O–H groups in total. The van der Waals surface area contributed by atoms with Crippen LogP contribution in [0.15, 0.2) is 65.2 Å². The predicted molar refractivity (Wildman–Crippen MR) is 107 cm³/mol. The first-order chi connectivity index (χ1) is 15.4. The molecule has 1 heterocycles. The summed E-state index contributed by atoms with van der Waals surface area (Å²) in [7, 11) is 0. The molecule has 0 aliphatic rings. The molecule has 0 radical (unpaired) electrons. The van der Waals surface area contributed by atoms with E-state index in [1.54, 1.807) is 24.3 Å². The summed E-state index contributed by atoms with van der Waals surface area (Å²) in [6.45, 7) is -0.464. The van der Waals surface area contributed by atoms with E-state index in [9.17, 15) is 31.1 Å². The normalized spacial score (nSPS) is 12.6. The molecule has 12 heteroatoms. The number of allylic oxidation sites excluding steroid dienone is 1. The average Bonchev–Trinajstić information content (AvgIpc) is 3.21. The van der Waals surface area contributed by atoms with Crippen molar-refractivity contribution in [2.45, 2.75) is 18.9 Å². The predicted octanol–water partition coefficient (Wildman–Crippen LogP) is 5.81. The summed E-state index contributed by atoms with van der Waals surface area (Å²) in [5.74, 6) is -1.05. The Balaban J connectivity index is 1.80. The van der Waals surface area contributed by atoms with Crippen molar-refractivity contribution in [3.8, 4) is 11.3 Å². The summed E-state index contributed by atoms with van der Waals surface area (Å²) in [5.41, 5.74) is 2.62. The number of oxazole rings is 1. The number of ketones is 1. The first kappa shape index (κ1) is 24.2. The molecule has 0 aliphatic heterocycles. The van der Waals surface area contributed by atoms with Crippen molar-refractivity contribution in [2.75, 3.05) is 0 Å². The first-order valence-electron chi connectivity index (χ1n) is 9.08. The molecule has 3 aromatic rings. The number of nitrogens with one attached hydrogen (secondary N) is 1. The van der Waals surface area contributed by atoms with Gasteiger partial charge in [-0.15, -0.1) is 0 Å². The zero-order valence-electron chi connectivity index (χ0n) is 16.4. The first-order valence-corrected chi connectivity index (χ1v) is 9.46. The SMILES string of the molecule is N/C(=C\NCc1cc(C(F)(F)F)cc(C(F)(F)F)c1)C(=O)c1ocnc1-c1ccccc1Cl. The molecular formula is C21H14ClF6N3O2. The van der Waals surface area contributed by atoms with Gasteiger partial charge in [-0.2, -0.15) is 26.3 Å². The third-order valence-electron chi connectivity index (χ3n) is 4.38. The Morgan fingerprint density at radius 2 is 1.67 bits per heavy atom. The molecule has 0 amide bonds. The molecule has 0 bridgehead atoms. The number of carbonyl (C=O) groups is 1. The minimum Gasteiger partial charge on any atom is -0.439 e. The fourth-order valence-corrected chi connectivity index (χ4v) is 3.07. The van der Waals surface area contributed by atoms with Crippen LogP contribution in [0.2, 0.25) is 5.02 Å². The standard InChI is InChI=1S/C21H14ClF6N3O2/c22-15-4-2-1-3-14(15)17-19(33-10-31-17)18(32)16(29)9-30-8-11-5-12(20(23,24)25)7-13(6-11)21(26,27)28/h1-7,9-10,30H,8,29H2/b16-9-. The molecule has 33 heavy (non-hydrogen) atoms. The number of alkyl halides is 6. The van der Waals surface area contributed by atoms with Gasteiger partial charge < -0.3 is 15.5 Å². The van der Waals surface area contributed by atoms with Gasteiger partial charge in [0.05, 0.1) is 21.8 Å². The summed E-state index contributed by atoms with van der Waals surface area (Å²) in [6, 6.07) is 7.67. The summed E-state index contributed by atoms with van der Waals surface area (Å²) in [6.07, 6.45) is -7.98. The molecule has 0 aliphatic carbocycles. The van der Waals surface area contributed by atoms with Crippen LogP contribution < -0.4 is 11.1 Å². The van der Waals surface area contributed by atoms with Gasteiger partial charge in [0.1, 0.15) is 5.69 Å². The average molecular weight is 490 g/mol. The topological polar surface area (TPSA) is 81.1 Å². The van der Waals surface area contributed by atoms with E-state index in [0.29, 0.717) is 22.7 Å². The number of hydrogen-bond acceptors (Lipinski definition) is 5. The van der Waals surface area contributed by atoms with Crippen molar-refractivity contribution in [3.05, 3.63) is 88.2 Å². The second kappa shape index (κ2) is 9.18. The van der Waals surface area contributed by atoms with Crippen molar-refractivity contribution in [1.29, 1.82) is 0 Å². The maximum absolute atomic E-state index is 13.0. The largest absolute Gasteiger partial charge is 0.439 e. The number of rotatable bonds is 6. The molecule has 0 saturated carbocycles. The highest BCUT2D eigenvalue weighted by Crippen LogP contribution is 2.36. The summed E-state index contributed by atoms with van der Waals surface area (Å²) < 4.78 is 82.9. The Labute approximate surface area is 187 Å². The van der Waals surface area contributed by atoms with Crippen LogP contribution in [-0.2, 0) is 18.9 Å². The van der Waals surface area contributed by atoms with Crippen molar-refractivity contribution in [3.63, 3.8) is 0 Å². The molecule has 0 atom stereocenters. The van der Waals surface area contributed by atoms with Crippen molar-refractivity contribution >= 4 is 17.4 Å². The molecule has 0 saturated heterocycles. The Morgan fingerprint density at radius 3 is 2.24 bits per heavy atom. The van der Waals surface area contributed by atoms with Gasteiger partial charge in [-0.05, 0) is 29.8 Å². The lowest BCUT2D eigenvalue weighted by Gasteiger charge is -2.14. The highest BCUT2D eigenvalue weighted by molar-refractivity contribution is 6.33. The number of aromatic nitrogens is 1. The van der Waals surface area contributed by atoms with Crippen molar-refractivity contribution < 1.29 is 35.6 Å². The Bertz CT molecular complexity index is 1170. The monoisotopic (exact) mass is 489 g/mol. The van der Waals surface area contributed by atoms with Crippen LogP contribution >= 0.6 is 11.6 Å². The maximum Gasteiger partial charge on any atom is 0.416 e. The van der Waals surface area contributed by atoms with Crippen LogP contribution in [-0.4, -0.2) is 10.8 Å². The van der Waals surface area contributed by atoms with E-state index < -0.39 is 41.5 Å². The molecule has 2 aromatic carbocycles. The number of halogens is 7. The van der Waals surface area contributed by atoms with Crippen LogP contribution in [0.1, 0.15) is 27.2 Å².